The van der Waals surface area contributed by atoms with Gasteiger partial charge in [-0.3, -0.25) is 0 Å². The molecule has 3 heteroatoms. The van der Waals surface area contributed by atoms with Crippen molar-refractivity contribution in [3.8, 4) is 0 Å². The molecule has 0 amide bonds. The molecule has 15 heavy (non-hydrogen) atoms. The third kappa shape index (κ3) is 3.80. The summed E-state index contributed by atoms with van der Waals surface area (Å²) in [6, 6.07) is 7.75. The van der Waals surface area contributed by atoms with E-state index in [0.717, 1.165) is 24.3 Å². The summed E-state index contributed by atoms with van der Waals surface area (Å²) >= 11 is 0. The highest BCUT2D eigenvalue weighted by Gasteiger charge is 2.14. The summed E-state index contributed by atoms with van der Waals surface area (Å²) in [6.45, 7) is 4.42. The minimum absolute atomic E-state index is 0.627. The van der Waals surface area contributed by atoms with Crippen molar-refractivity contribution >= 4 is 11.4 Å². The first-order valence-corrected chi connectivity index (χ1v) is 5.18. The third-order valence-electron chi connectivity index (χ3n) is 2.41. The molecule has 3 nitrogen and oxygen atoms in total. The van der Waals surface area contributed by atoms with Crippen LogP contribution in [0.5, 0.6) is 0 Å². The zero-order valence-corrected chi connectivity index (χ0v) is 9.70. The number of anilines is 2. The molecular formula is C12H20N2O. The number of nitrogen functional groups attached to an aromatic ring is 1. The number of hydrogen-bond acceptors (Lipinski definition) is 3. The molecule has 0 heterocycles. The van der Waals surface area contributed by atoms with Crippen molar-refractivity contribution in [3.05, 3.63) is 24.3 Å². The minimum Gasteiger partial charge on any atom is -0.397 e. The first-order chi connectivity index (χ1) is 6.90. The summed E-state index contributed by atoms with van der Waals surface area (Å²) in [5.74, 6) is 0. The summed E-state index contributed by atoms with van der Waals surface area (Å²) in [4.78, 5) is 2.06. The zero-order chi connectivity index (χ0) is 11.5. The molecule has 0 fully saturated rings. The van der Waals surface area contributed by atoms with E-state index in [1.165, 1.54) is 0 Å². The number of nitrogens with zero attached hydrogens (tertiary/aromatic N) is 1. The van der Waals surface area contributed by atoms with E-state index >= 15 is 0 Å². The Morgan fingerprint density at radius 1 is 1.33 bits per heavy atom. The fraction of sp³-hybridized carbons (Fsp3) is 0.500. The number of para-hydroxylation sites is 2. The van der Waals surface area contributed by atoms with E-state index < -0.39 is 5.60 Å². The van der Waals surface area contributed by atoms with Crippen LogP contribution in [0.2, 0.25) is 0 Å². The van der Waals surface area contributed by atoms with Gasteiger partial charge in [0.2, 0.25) is 0 Å². The monoisotopic (exact) mass is 208 g/mol. The smallest absolute Gasteiger partial charge is 0.0608 e. The number of nitrogens with two attached hydrogens (primary N) is 1. The van der Waals surface area contributed by atoms with Crippen molar-refractivity contribution in [2.45, 2.75) is 25.9 Å². The molecule has 0 aliphatic carbocycles. The van der Waals surface area contributed by atoms with E-state index in [2.05, 4.69) is 4.90 Å². The van der Waals surface area contributed by atoms with Gasteiger partial charge in [-0.15, -0.1) is 0 Å². The summed E-state index contributed by atoms with van der Waals surface area (Å²) in [7, 11) is 1.98. The first kappa shape index (κ1) is 11.9. The van der Waals surface area contributed by atoms with Crippen LogP contribution in [0.15, 0.2) is 24.3 Å². The van der Waals surface area contributed by atoms with Crippen molar-refractivity contribution in [1.29, 1.82) is 0 Å². The Bertz CT molecular complexity index is 318. The number of benzene rings is 1. The molecule has 3 N–H and O–H groups in total. The summed E-state index contributed by atoms with van der Waals surface area (Å²) in [5, 5.41) is 9.62. The molecule has 0 bridgehead atoms. The average Bonchev–Trinajstić information content (AvgIpc) is 2.14. The molecule has 1 aromatic carbocycles. The van der Waals surface area contributed by atoms with Gasteiger partial charge in [0.15, 0.2) is 0 Å². The van der Waals surface area contributed by atoms with Gasteiger partial charge in [0.05, 0.1) is 17.0 Å². The second kappa shape index (κ2) is 4.53. The predicted octanol–water partition coefficient (Wildman–Crippen LogP) is 1.87. The lowest BCUT2D eigenvalue weighted by Crippen LogP contribution is -2.28. The topological polar surface area (TPSA) is 49.5 Å². The van der Waals surface area contributed by atoms with Gasteiger partial charge in [-0.1, -0.05) is 12.1 Å². The molecule has 0 saturated heterocycles. The maximum Gasteiger partial charge on any atom is 0.0608 e. The number of hydrogen-bond donors (Lipinski definition) is 2. The molecule has 1 aromatic rings. The first-order valence-electron chi connectivity index (χ1n) is 5.18. The molecule has 0 aliphatic heterocycles. The van der Waals surface area contributed by atoms with Crippen LogP contribution in [-0.4, -0.2) is 24.3 Å². The van der Waals surface area contributed by atoms with Crippen LogP contribution in [0.25, 0.3) is 0 Å². The highest BCUT2D eigenvalue weighted by Crippen LogP contribution is 2.22. The zero-order valence-electron chi connectivity index (χ0n) is 9.70. The molecular weight excluding hydrogens is 188 g/mol. The lowest BCUT2D eigenvalue weighted by Gasteiger charge is -2.25. The van der Waals surface area contributed by atoms with E-state index in [4.69, 9.17) is 5.73 Å². The lowest BCUT2D eigenvalue weighted by atomic mass is 10.1. The summed E-state index contributed by atoms with van der Waals surface area (Å²) < 4.78 is 0. The number of aliphatic hydroxyl groups is 1. The molecule has 84 valence electrons. The molecule has 0 atom stereocenters. The summed E-state index contributed by atoms with van der Waals surface area (Å²) in [6.07, 6.45) is 0.720. The van der Waals surface area contributed by atoms with Crippen LogP contribution < -0.4 is 10.6 Å². The van der Waals surface area contributed by atoms with Crippen LogP contribution in [-0.2, 0) is 0 Å². The molecule has 0 aliphatic rings. The van der Waals surface area contributed by atoms with E-state index in [1.807, 2.05) is 45.2 Å². The Morgan fingerprint density at radius 3 is 2.47 bits per heavy atom. The van der Waals surface area contributed by atoms with Gasteiger partial charge >= 0.3 is 0 Å². The lowest BCUT2D eigenvalue weighted by molar-refractivity contribution is 0.0734. The highest BCUT2D eigenvalue weighted by molar-refractivity contribution is 5.66. The average molecular weight is 208 g/mol. The fourth-order valence-electron chi connectivity index (χ4n) is 1.40. The van der Waals surface area contributed by atoms with Crippen molar-refractivity contribution in [3.63, 3.8) is 0 Å². The Hall–Kier alpha value is -1.22. The van der Waals surface area contributed by atoms with Gasteiger partial charge in [-0.25, -0.2) is 0 Å². The van der Waals surface area contributed by atoms with Gasteiger partial charge in [0.1, 0.15) is 0 Å². The maximum atomic E-state index is 9.62. The van der Waals surface area contributed by atoms with Gasteiger partial charge in [0, 0.05) is 13.6 Å². The van der Waals surface area contributed by atoms with Crippen LogP contribution >= 0.6 is 0 Å². The van der Waals surface area contributed by atoms with E-state index in [1.54, 1.807) is 0 Å². The minimum atomic E-state index is -0.627. The molecule has 1 rings (SSSR count). The standard InChI is InChI=1S/C12H20N2O/c1-12(2,15)8-9-14(3)11-7-5-4-6-10(11)13/h4-7,15H,8-9,13H2,1-3H3. The largest absolute Gasteiger partial charge is 0.397 e. The predicted molar refractivity (Wildman–Crippen MR) is 65.0 cm³/mol. The third-order valence-corrected chi connectivity index (χ3v) is 2.41. The fourth-order valence-corrected chi connectivity index (χ4v) is 1.40. The van der Waals surface area contributed by atoms with Gasteiger partial charge < -0.3 is 15.7 Å². The highest BCUT2D eigenvalue weighted by atomic mass is 16.3. The van der Waals surface area contributed by atoms with Crippen LogP contribution in [0, 0.1) is 0 Å². The van der Waals surface area contributed by atoms with Crippen LogP contribution in [0.3, 0.4) is 0 Å². The Morgan fingerprint density at radius 2 is 1.93 bits per heavy atom. The Labute approximate surface area is 91.5 Å². The normalized spacial score (nSPS) is 11.5. The second-order valence-electron chi connectivity index (χ2n) is 4.54. The van der Waals surface area contributed by atoms with Gasteiger partial charge in [-0.05, 0) is 32.4 Å². The van der Waals surface area contributed by atoms with Crippen molar-refractivity contribution < 1.29 is 5.11 Å². The number of rotatable bonds is 4. The van der Waals surface area contributed by atoms with E-state index in [9.17, 15) is 5.11 Å². The molecule has 0 aromatic heterocycles. The van der Waals surface area contributed by atoms with Crippen molar-refractivity contribution in [2.24, 2.45) is 0 Å². The van der Waals surface area contributed by atoms with Gasteiger partial charge in [-0.2, -0.15) is 0 Å². The SMILES string of the molecule is CN(CCC(C)(C)O)c1ccccc1N. The second-order valence-corrected chi connectivity index (χ2v) is 4.54. The molecule has 0 radical (unpaired) electrons. The van der Waals surface area contributed by atoms with Crippen LogP contribution in [0.4, 0.5) is 11.4 Å². The van der Waals surface area contributed by atoms with Crippen molar-refractivity contribution in [2.75, 3.05) is 24.2 Å². The molecule has 0 spiro atoms. The van der Waals surface area contributed by atoms with Crippen molar-refractivity contribution in [1.82, 2.24) is 0 Å². The Kier molecular flexibility index (Phi) is 3.58. The molecule has 0 unspecified atom stereocenters. The molecule has 0 saturated carbocycles. The summed E-state index contributed by atoms with van der Waals surface area (Å²) in [5.41, 5.74) is 7.02. The van der Waals surface area contributed by atoms with Crippen LogP contribution in [0.1, 0.15) is 20.3 Å². The maximum absolute atomic E-state index is 9.62. The Balaban J connectivity index is 2.62. The quantitative estimate of drug-likeness (QED) is 0.743. The van der Waals surface area contributed by atoms with E-state index in [-0.39, 0.29) is 0 Å². The van der Waals surface area contributed by atoms with E-state index in [0.29, 0.717) is 0 Å². The van der Waals surface area contributed by atoms with Gasteiger partial charge in [0.25, 0.3) is 0 Å².